The number of aromatic hydroxyl groups is 2. The summed E-state index contributed by atoms with van der Waals surface area (Å²) in [6.07, 6.45) is 0. The minimum Gasteiger partial charge on any atom is -0.504 e. The van der Waals surface area contributed by atoms with Gasteiger partial charge in [0.1, 0.15) is 6.61 Å². The van der Waals surface area contributed by atoms with Gasteiger partial charge < -0.3 is 19.7 Å². The zero-order chi connectivity index (χ0) is 12.0. The highest BCUT2D eigenvalue weighted by Gasteiger charge is 2.05. The lowest BCUT2D eigenvalue weighted by Gasteiger charge is -2.09. The number of hydrogen-bond donors (Lipinski definition) is 2. The molecule has 4 heteroatoms. The van der Waals surface area contributed by atoms with Gasteiger partial charge in [-0.3, -0.25) is 0 Å². The van der Waals surface area contributed by atoms with Crippen LogP contribution >= 0.6 is 0 Å². The van der Waals surface area contributed by atoms with Crippen molar-refractivity contribution in [1.82, 2.24) is 0 Å². The summed E-state index contributed by atoms with van der Waals surface area (Å²) in [6, 6.07) is 4.56. The molecule has 1 rings (SSSR count). The van der Waals surface area contributed by atoms with Crippen LogP contribution in [0.5, 0.6) is 17.2 Å². The molecule has 88 valence electrons. The van der Waals surface area contributed by atoms with Crippen LogP contribution in [0.25, 0.3) is 0 Å². The van der Waals surface area contributed by atoms with E-state index in [1.807, 2.05) is 6.92 Å². The Morgan fingerprint density at radius 3 is 2.75 bits per heavy atom. The highest BCUT2D eigenvalue weighted by molar-refractivity contribution is 5.48. The molecule has 2 N–H and O–H groups in total. The van der Waals surface area contributed by atoms with E-state index in [1.54, 1.807) is 12.1 Å². The quantitative estimate of drug-likeness (QED) is 0.441. The van der Waals surface area contributed by atoms with Crippen molar-refractivity contribution < 1.29 is 19.7 Å². The van der Waals surface area contributed by atoms with Gasteiger partial charge >= 0.3 is 0 Å². The summed E-state index contributed by atoms with van der Waals surface area (Å²) in [5.74, 6) is -0.193. The molecule has 16 heavy (non-hydrogen) atoms. The average molecular weight is 224 g/mol. The first-order chi connectivity index (χ1) is 7.61. The van der Waals surface area contributed by atoms with Crippen molar-refractivity contribution in [2.24, 2.45) is 0 Å². The summed E-state index contributed by atoms with van der Waals surface area (Å²) >= 11 is 0. The zero-order valence-electron chi connectivity index (χ0n) is 9.27. The van der Waals surface area contributed by atoms with E-state index in [-0.39, 0.29) is 17.2 Å². The molecule has 0 amide bonds. The average Bonchev–Trinajstić information content (AvgIpc) is 2.23. The van der Waals surface area contributed by atoms with E-state index in [2.05, 4.69) is 6.58 Å². The van der Waals surface area contributed by atoms with Crippen LogP contribution in [-0.2, 0) is 4.74 Å². The summed E-state index contributed by atoms with van der Waals surface area (Å²) in [5.41, 5.74) is 0.945. The van der Waals surface area contributed by atoms with Crippen molar-refractivity contribution >= 4 is 0 Å². The standard InChI is InChI=1S/C12H16O4/c1-9(2)8-15-6-7-16-11-5-3-4-10(13)12(11)14/h3-5,13-14H,1,6-8H2,2H3. The van der Waals surface area contributed by atoms with Crippen molar-refractivity contribution in [3.8, 4) is 17.2 Å². The molecule has 1 aromatic rings. The monoisotopic (exact) mass is 224 g/mol. The van der Waals surface area contributed by atoms with Crippen molar-refractivity contribution in [2.45, 2.75) is 6.92 Å². The third-order valence-electron chi connectivity index (χ3n) is 1.81. The Morgan fingerprint density at radius 2 is 2.06 bits per heavy atom. The van der Waals surface area contributed by atoms with Crippen LogP contribution in [0.3, 0.4) is 0 Å². The van der Waals surface area contributed by atoms with Crippen LogP contribution in [0, 0.1) is 0 Å². The number of phenolic OH excluding ortho intramolecular Hbond substituents is 2. The van der Waals surface area contributed by atoms with Gasteiger partial charge in [0, 0.05) is 0 Å². The maximum Gasteiger partial charge on any atom is 0.200 e. The fourth-order valence-corrected chi connectivity index (χ4v) is 1.08. The Labute approximate surface area is 94.7 Å². The molecule has 0 radical (unpaired) electrons. The summed E-state index contributed by atoms with van der Waals surface area (Å²) in [7, 11) is 0. The lowest BCUT2D eigenvalue weighted by Crippen LogP contribution is -2.07. The van der Waals surface area contributed by atoms with E-state index in [4.69, 9.17) is 9.47 Å². The number of ether oxygens (including phenoxy) is 2. The Bertz CT molecular complexity index is 360. The summed E-state index contributed by atoms with van der Waals surface area (Å²) in [4.78, 5) is 0. The Hall–Kier alpha value is -1.68. The van der Waals surface area contributed by atoms with Gasteiger partial charge in [-0.05, 0) is 19.1 Å². The summed E-state index contributed by atoms with van der Waals surface area (Å²) in [5, 5.41) is 18.6. The first kappa shape index (κ1) is 12.4. The van der Waals surface area contributed by atoms with Crippen molar-refractivity contribution in [1.29, 1.82) is 0 Å². The van der Waals surface area contributed by atoms with E-state index in [1.165, 1.54) is 6.07 Å². The number of benzene rings is 1. The second-order valence-corrected chi connectivity index (χ2v) is 3.48. The molecular weight excluding hydrogens is 208 g/mol. The second-order valence-electron chi connectivity index (χ2n) is 3.48. The third kappa shape index (κ3) is 3.82. The van der Waals surface area contributed by atoms with Gasteiger partial charge in [-0.25, -0.2) is 0 Å². The molecule has 0 saturated carbocycles. The van der Waals surface area contributed by atoms with E-state index in [9.17, 15) is 10.2 Å². The molecule has 0 aliphatic heterocycles. The third-order valence-corrected chi connectivity index (χ3v) is 1.81. The van der Waals surface area contributed by atoms with Crippen LogP contribution in [0.2, 0.25) is 0 Å². The van der Waals surface area contributed by atoms with Gasteiger partial charge in [0.15, 0.2) is 11.5 Å². The largest absolute Gasteiger partial charge is 0.504 e. The van der Waals surface area contributed by atoms with Gasteiger partial charge in [0.05, 0.1) is 13.2 Å². The van der Waals surface area contributed by atoms with E-state index in [0.717, 1.165) is 5.57 Å². The molecule has 1 aromatic carbocycles. The van der Waals surface area contributed by atoms with Crippen molar-refractivity contribution in [2.75, 3.05) is 19.8 Å². The van der Waals surface area contributed by atoms with Crippen LogP contribution in [0.1, 0.15) is 6.92 Å². The van der Waals surface area contributed by atoms with E-state index < -0.39 is 0 Å². The SMILES string of the molecule is C=C(C)COCCOc1cccc(O)c1O. The molecular formula is C12H16O4. The molecule has 0 fully saturated rings. The predicted molar refractivity (Wildman–Crippen MR) is 60.9 cm³/mol. The molecule has 0 atom stereocenters. The molecule has 0 aromatic heterocycles. The Balaban J connectivity index is 2.32. The van der Waals surface area contributed by atoms with Gasteiger partial charge in [0.25, 0.3) is 0 Å². The first-order valence-corrected chi connectivity index (χ1v) is 4.97. The molecule has 0 aliphatic carbocycles. The highest BCUT2D eigenvalue weighted by Crippen LogP contribution is 2.34. The summed E-state index contributed by atoms with van der Waals surface area (Å²) < 4.78 is 10.5. The van der Waals surface area contributed by atoms with Gasteiger partial charge in [-0.1, -0.05) is 18.2 Å². The molecule has 0 unspecified atom stereocenters. The molecule has 0 spiro atoms. The van der Waals surface area contributed by atoms with Gasteiger partial charge in [0.2, 0.25) is 5.75 Å². The minimum absolute atomic E-state index is 0.194. The lowest BCUT2D eigenvalue weighted by molar-refractivity contribution is 0.115. The molecule has 0 saturated heterocycles. The first-order valence-electron chi connectivity index (χ1n) is 4.97. The van der Waals surface area contributed by atoms with Gasteiger partial charge in [-0.2, -0.15) is 0 Å². The van der Waals surface area contributed by atoms with Crippen LogP contribution < -0.4 is 4.74 Å². The van der Waals surface area contributed by atoms with E-state index in [0.29, 0.717) is 19.8 Å². The van der Waals surface area contributed by atoms with Crippen LogP contribution in [-0.4, -0.2) is 30.0 Å². The Kier molecular flexibility index (Phi) is 4.66. The minimum atomic E-state index is -0.248. The smallest absolute Gasteiger partial charge is 0.200 e. The fraction of sp³-hybridized carbons (Fsp3) is 0.333. The molecule has 4 nitrogen and oxygen atoms in total. The van der Waals surface area contributed by atoms with Crippen LogP contribution in [0.15, 0.2) is 30.4 Å². The highest BCUT2D eigenvalue weighted by atomic mass is 16.5. The number of para-hydroxylation sites is 1. The number of rotatable bonds is 6. The summed E-state index contributed by atoms with van der Waals surface area (Å²) in [6.45, 7) is 6.78. The van der Waals surface area contributed by atoms with Gasteiger partial charge in [-0.15, -0.1) is 0 Å². The lowest BCUT2D eigenvalue weighted by atomic mass is 10.3. The van der Waals surface area contributed by atoms with Crippen LogP contribution in [0.4, 0.5) is 0 Å². The maximum atomic E-state index is 9.41. The second kappa shape index (κ2) is 6.02. The van der Waals surface area contributed by atoms with Crippen molar-refractivity contribution in [3.05, 3.63) is 30.4 Å². The zero-order valence-corrected chi connectivity index (χ0v) is 9.27. The topological polar surface area (TPSA) is 58.9 Å². The normalized spacial score (nSPS) is 10.1. The fourth-order valence-electron chi connectivity index (χ4n) is 1.08. The predicted octanol–water partition coefficient (Wildman–Crippen LogP) is 2.07. The number of phenols is 2. The number of hydrogen-bond acceptors (Lipinski definition) is 4. The molecule has 0 heterocycles. The molecule has 0 bridgehead atoms. The Morgan fingerprint density at radius 1 is 1.31 bits per heavy atom. The molecule has 0 aliphatic rings. The maximum absolute atomic E-state index is 9.41. The van der Waals surface area contributed by atoms with E-state index >= 15 is 0 Å². The van der Waals surface area contributed by atoms with Crippen molar-refractivity contribution in [3.63, 3.8) is 0 Å².